The van der Waals surface area contributed by atoms with E-state index in [4.69, 9.17) is 0 Å². The Morgan fingerprint density at radius 2 is 1.07 bits per heavy atom. The van der Waals surface area contributed by atoms with Crippen molar-refractivity contribution in [2.45, 2.75) is 116 Å². The average molecular weight is 593 g/mol. The van der Waals surface area contributed by atoms with E-state index < -0.39 is 7.92 Å². The van der Waals surface area contributed by atoms with Gasteiger partial charge in [-0.05, 0) is 62.6 Å². The number of rotatable bonds is 7. The molecule has 1 aliphatic rings. The van der Waals surface area contributed by atoms with Gasteiger partial charge in [0.25, 0.3) is 0 Å². The normalized spacial score (nSPS) is 17.8. The van der Waals surface area contributed by atoms with E-state index in [0.717, 1.165) is 0 Å². The first-order valence-electron chi connectivity index (χ1n) is 14.9. The fourth-order valence-electron chi connectivity index (χ4n) is 6.21. The van der Waals surface area contributed by atoms with Gasteiger partial charge < -0.3 is 0 Å². The molecule has 2 aromatic rings. The van der Waals surface area contributed by atoms with Crippen LogP contribution in [0.3, 0.4) is 0 Å². The molecule has 0 N–H and O–H groups in total. The highest BCUT2D eigenvalue weighted by Crippen LogP contribution is 2.62. The van der Waals surface area contributed by atoms with E-state index in [2.05, 4.69) is 168 Å². The van der Waals surface area contributed by atoms with Gasteiger partial charge in [0.05, 0.1) is 0 Å². The van der Waals surface area contributed by atoms with E-state index in [1.54, 1.807) is 10.9 Å². The Balaban J connectivity index is 2.14. The summed E-state index contributed by atoms with van der Waals surface area (Å²) in [5, 5.41) is 4.25. The van der Waals surface area contributed by atoms with Crippen LogP contribution in [-0.4, -0.2) is 32.4 Å². The van der Waals surface area contributed by atoms with E-state index >= 15 is 0 Å². The van der Waals surface area contributed by atoms with Crippen LogP contribution in [0.15, 0.2) is 90.6 Å². The lowest BCUT2D eigenvalue weighted by molar-refractivity contribution is 0.703. The smallest absolute Gasteiger partial charge is 0.0240 e. The minimum atomic E-state index is -0.603. The molecule has 0 saturated carbocycles. The fraction of sp³-hybridized carbons (Fsp3) is 0.514. The summed E-state index contributed by atoms with van der Waals surface area (Å²) in [4.78, 5) is 0. The predicted molar refractivity (Wildman–Crippen MR) is 191 cm³/mol. The molecule has 0 radical (unpaired) electrons. The first kappa shape index (κ1) is 33.5. The second-order valence-corrected chi connectivity index (χ2v) is 25.2. The van der Waals surface area contributed by atoms with Crippen molar-refractivity contribution in [3.63, 3.8) is 0 Å². The molecule has 1 aliphatic carbocycles. The van der Waals surface area contributed by atoms with Crippen LogP contribution in [0.25, 0.3) is 0 Å². The van der Waals surface area contributed by atoms with Crippen molar-refractivity contribution in [1.29, 1.82) is 0 Å². The van der Waals surface area contributed by atoms with Crippen LogP contribution >= 0.6 is 23.8 Å². The van der Waals surface area contributed by atoms with E-state index in [-0.39, 0.29) is 15.8 Å². The highest BCUT2D eigenvalue weighted by molar-refractivity contribution is 7.74. The quantitative estimate of drug-likeness (QED) is 0.281. The second kappa shape index (κ2) is 13.1. The third kappa shape index (κ3) is 8.97. The summed E-state index contributed by atoms with van der Waals surface area (Å²) in [5.74, 6) is 0. The maximum Gasteiger partial charge on any atom is 0.0240 e. The molecule has 0 amide bonds. The number of hydrogen-bond donors (Lipinski definition) is 0. The Hall–Kier alpha value is -1.05. The van der Waals surface area contributed by atoms with Gasteiger partial charge in [-0.15, -0.1) is 0 Å². The monoisotopic (exact) mass is 592 g/mol. The Kier molecular flexibility index (Phi) is 10.9. The molecule has 3 rings (SSSR count). The highest BCUT2D eigenvalue weighted by Gasteiger charge is 2.37. The van der Waals surface area contributed by atoms with Crippen LogP contribution in [0.4, 0.5) is 0 Å². The Morgan fingerprint density at radius 3 is 1.62 bits per heavy atom. The van der Waals surface area contributed by atoms with Crippen molar-refractivity contribution in [3.8, 4) is 0 Å². The predicted octanol–water partition coefficient (Wildman–Crippen LogP) is 11.2. The van der Waals surface area contributed by atoms with Crippen molar-refractivity contribution < 1.29 is 0 Å². The summed E-state index contributed by atoms with van der Waals surface area (Å²) in [6, 6.07) is 20.8. The Bertz CT molecular complexity index is 1160. The van der Waals surface area contributed by atoms with E-state index in [0.29, 0.717) is 26.3 Å². The van der Waals surface area contributed by atoms with Gasteiger partial charge in [-0.2, -0.15) is 0 Å². The third-order valence-electron chi connectivity index (χ3n) is 7.61. The van der Waals surface area contributed by atoms with E-state index in [1.807, 2.05) is 0 Å². The molecule has 1 unspecified atom stereocenters. The second-order valence-electron chi connectivity index (χ2n) is 15.2. The molecule has 218 valence electrons. The van der Waals surface area contributed by atoms with Gasteiger partial charge in [-0.1, -0.05) is 184 Å². The lowest BCUT2D eigenvalue weighted by atomic mass is 10.2. The molecule has 0 aromatic heterocycles. The summed E-state index contributed by atoms with van der Waals surface area (Å²) in [7, 11) is -1.04. The molecule has 40 heavy (non-hydrogen) atoms. The molecular weight excluding hydrogens is 537 g/mol. The Morgan fingerprint density at radius 1 is 0.575 bits per heavy atom. The third-order valence-corrected chi connectivity index (χ3v) is 18.1. The minimum absolute atomic E-state index is 0.206. The number of benzene rings is 2. The van der Waals surface area contributed by atoms with Crippen molar-refractivity contribution in [2.24, 2.45) is 0 Å². The van der Waals surface area contributed by atoms with E-state index in [9.17, 15) is 0 Å². The molecule has 2 aromatic carbocycles. The molecule has 0 heterocycles. The van der Waals surface area contributed by atoms with Crippen molar-refractivity contribution >= 4 is 34.4 Å². The van der Waals surface area contributed by atoms with Gasteiger partial charge in [-0.3, -0.25) is 0 Å². The first-order valence-corrected chi connectivity index (χ1v) is 19.4. The molecule has 0 bridgehead atoms. The summed E-state index contributed by atoms with van der Waals surface area (Å²) in [5.41, 5.74) is 3.44. The van der Waals surface area contributed by atoms with E-state index in [1.165, 1.54) is 23.2 Å². The van der Waals surface area contributed by atoms with Crippen LogP contribution in [-0.2, 0) is 6.16 Å². The summed E-state index contributed by atoms with van der Waals surface area (Å²) < 4.78 is 0. The summed E-state index contributed by atoms with van der Waals surface area (Å²) >= 11 is 0. The zero-order valence-electron chi connectivity index (χ0n) is 27.4. The summed E-state index contributed by atoms with van der Waals surface area (Å²) in [6.45, 7) is 29.3. The van der Waals surface area contributed by atoms with Gasteiger partial charge in [0, 0.05) is 5.66 Å². The molecule has 0 spiro atoms. The van der Waals surface area contributed by atoms with Gasteiger partial charge >= 0.3 is 0 Å². The maximum absolute atomic E-state index is 2.64. The SMILES string of the molecule is CC(C)(C)P(CC1=C[C@@H](P(c2ccccc2)c2ccccc2CP(C(C)(C)C)C(C)(C)C)C=CC=C1)C(C)(C)C. The molecule has 3 heteroatoms. The zero-order valence-corrected chi connectivity index (χ0v) is 30.1. The number of allylic oxidation sites excluding steroid dienone is 6. The lowest BCUT2D eigenvalue weighted by Gasteiger charge is -2.42. The van der Waals surface area contributed by atoms with Crippen LogP contribution in [0.1, 0.15) is 88.6 Å². The van der Waals surface area contributed by atoms with Gasteiger partial charge in [0.2, 0.25) is 0 Å². The van der Waals surface area contributed by atoms with Crippen molar-refractivity contribution in [1.82, 2.24) is 0 Å². The minimum Gasteiger partial charge on any atom is -0.0912 e. The molecule has 2 atom stereocenters. The number of hydrogen-bond acceptors (Lipinski definition) is 0. The lowest BCUT2D eigenvalue weighted by Crippen LogP contribution is -2.28. The first-order chi connectivity index (χ1) is 18.4. The fourth-order valence-corrected chi connectivity index (χ4v) is 16.2. The van der Waals surface area contributed by atoms with Crippen LogP contribution in [0.2, 0.25) is 0 Å². The molecule has 0 fully saturated rings. The van der Waals surface area contributed by atoms with Crippen LogP contribution in [0, 0.1) is 0 Å². The van der Waals surface area contributed by atoms with Gasteiger partial charge in [0.15, 0.2) is 0 Å². The molecular formula is C37H55P3. The maximum atomic E-state index is 2.64. The van der Waals surface area contributed by atoms with Crippen LogP contribution < -0.4 is 10.6 Å². The highest BCUT2D eigenvalue weighted by atomic mass is 31.1. The van der Waals surface area contributed by atoms with Crippen LogP contribution in [0.5, 0.6) is 0 Å². The average Bonchev–Trinajstić information content (AvgIpc) is 3.05. The van der Waals surface area contributed by atoms with Gasteiger partial charge in [-0.25, -0.2) is 0 Å². The van der Waals surface area contributed by atoms with Gasteiger partial charge in [0.1, 0.15) is 0 Å². The molecule has 0 saturated heterocycles. The Labute approximate surface area is 251 Å². The molecule has 0 aliphatic heterocycles. The largest absolute Gasteiger partial charge is 0.0912 e. The topological polar surface area (TPSA) is 0 Å². The zero-order chi connectivity index (χ0) is 29.9. The summed E-state index contributed by atoms with van der Waals surface area (Å²) in [6.07, 6.45) is 14.5. The van der Waals surface area contributed by atoms with Crippen molar-refractivity contribution in [2.75, 3.05) is 6.16 Å². The standard InChI is InChI=1S/C37H55P3/c1-34(2,3)38(35(4,5)6)27-29-20-16-18-24-32(26-29)40(31-22-14-13-15-23-31)33-25-19-17-21-30(33)28-39(36(7,8)9)37(10,11)12/h13-26,32H,27-28H2,1-12H3/t32-,40?/m0/s1. The van der Waals surface area contributed by atoms with Crippen molar-refractivity contribution in [3.05, 3.63) is 96.1 Å². The molecule has 0 nitrogen and oxygen atoms in total.